The largest absolute Gasteiger partial charge is 0.438 e. The average Bonchev–Trinajstić information content (AvgIpc) is 3.34. The van der Waals surface area contributed by atoms with Gasteiger partial charge in [0, 0.05) is 37.3 Å². The Morgan fingerprint density at radius 1 is 1.37 bits per heavy atom. The smallest absolute Gasteiger partial charge is 0.247 e. The third-order valence-electron chi connectivity index (χ3n) is 4.07. The molecule has 30 heavy (non-hydrogen) atoms. The van der Waals surface area contributed by atoms with Crippen molar-refractivity contribution in [1.29, 1.82) is 5.26 Å². The molecule has 0 aliphatic heterocycles. The molecular weight excluding hydrogens is 384 g/mol. The first kappa shape index (κ1) is 18.7. The molecule has 0 radical (unpaired) electrons. The van der Waals surface area contributed by atoms with Gasteiger partial charge in [-0.3, -0.25) is 9.48 Å². The summed E-state index contributed by atoms with van der Waals surface area (Å²) >= 11 is 0. The molecule has 0 saturated carbocycles. The average molecular weight is 400 g/mol. The second-order valence-electron chi connectivity index (χ2n) is 6.21. The maximum atomic E-state index is 11.5. The molecule has 0 fully saturated rings. The Hall–Kier alpha value is -4.65. The van der Waals surface area contributed by atoms with Gasteiger partial charge in [0.2, 0.25) is 17.7 Å². The number of nitrogens with zero attached hydrogens (tertiary/aromatic N) is 5. The molecule has 0 spiro atoms. The third kappa shape index (κ3) is 3.81. The molecule has 3 heterocycles. The number of nitriles is 1. The molecule has 148 valence electrons. The molecule has 0 aliphatic rings. The lowest BCUT2D eigenvalue weighted by atomic mass is 10.2. The molecule has 0 atom stereocenters. The monoisotopic (exact) mass is 400 g/mol. The Labute approximate surface area is 170 Å². The number of ether oxygens (including phenoxy) is 1. The van der Waals surface area contributed by atoms with E-state index in [-0.39, 0.29) is 17.7 Å². The van der Waals surface area contributed by atoms with Crippen LogP contribution in [0.2, 0.25) is 0 Å². The SMILES string of the molecule is C=CC(=O)Nc1cccc(Oc2nc(Nc3ccn(C)n3)nc3[nH]cc(C#N)c23)c1. The lowest BCUT2D eigenvalue weighted by Crippen LogP contribution is -2.07. The number of aromatic nitrogens is 5. The highest BCUT2D eigenvalue weighted by Crippen LogP contribution is 2.32. The molecule has 10 heteroatoms. The number of hydrogen-bond acceptors (Lipinski definition) is 7. The van der Waals surface area contributed by atoms with E-state index in [9.17, 15) is 10.1 Å². The summed E-state index contributed by atoms with van der Waals surface area (Å²) in [6.45, 7) is 3.43. The maximum Gasteiger partial charge on any atom is 0.247 e. The minimum absolute atomic E-state index is 0.184. The van der Waals surface area contributed by atoms with Crippen molar-refractivity contribution in [2.75, 3.05) is 10.6 Å². The van der Waals surface area contributed by atoms with Gasteiger partial charge in [0.1, 0.15) is 17.5 Å². The van der Waals surface area contributed by atoms with Crippen molar-refractivity contribution in [3.63, 3.8) is 0 Å². The number of aryl methyl sites for hydroxylation is 1. The van der Waals surface area contributed by atoms with Crippen molar-refractivity contribution in [2.45, 2.75) is 0 Å². The molecule has 0 bridgehead atoms. The first-order valence-corrected chi connectivity index (χ1v) is 8.83. The van der Waals surface area contributed by atoms with Crippen LogP contribution in [0.1, 0.15) is 5.56 Å². The van der Waals surface area contributed by atoms with Crippen molar-refractivity contribution in [1.82, 2.24) is 24.7 Å². The molecule has 3 N–H and O–H groups in total. The topological polar surface area (TPSA) is 134 Å². The van der Waals surface area contributed by atoms with E-state index in [0.717, 1.165) is 0 Å². The number of rotatable bonds is 6. The molecule has 10 nitrogen and oxygen atoms in total. The standard InChI is InChI=1S/C20H16N8O2/c1-3-16(29)23-13-5-4-6-14(9-13)30-19-17-12(10-21)11-22-18(17)25-20(26-19)24-15-7-8-28(2)27-15/h3-9,11H,1H2,2H3,(H,23,29)(H2,22,24,25,26,27). The van der Waals surface area contributed by atoms with Gasteiger partial charge in [0.05, 0.1) is 10.9 Å². The van der Waals surface area contributed by atoms with Crippen LogP contribution in [0.15, 0.2) is 55.4 Å². The lowest BCUT2D eigenvalue weighted by Gasteiger charge is -2.10. The van der Waals surface area contributed by atoms with Crippen LogP contribution in [0.3, 0.4) is 0 Å². The highest BCUT2D eigenvalue weighted by Gasteiger charge is 2.16. The van der Waals surface area contributed by atoms with Gasteiger partial charge in [-0.1, -0.05) is 12.6 Å². The number of aromatic amines is 1. The van der Waals surface area contributed by atoms with Crippen LogP contribution in [0.4, 0.5) is 17.5 Å². The number of anilines is 3. The maximum absolute atomic E-state index is 11.5. The van der Waals surface area contributed by atoms with Crippen LogP contribution < -0.4 is 15.4 Å². The molecule has 0 aliphatic carbocycles. The predicted octanol–water partition coefficient (Wildman–Crippen LogP) is 3.22. The van der Waals surface area contributed by atoms with Crippen LogP contribution in [-0.2, 0) is 11.8 Å². The molecule has 1 aromatic carbocycles. The van der Waals surface area contributed by atoms with E-state index in [1.165, 1.54) is 12.3 Å². The first-order chi connectivity index (χ1) is 14.6. The van der Waals surface area contributed by atoms with Crippen LogP contribution in [0, 0.1) is 11.3 Å². The third-order valence-corrected chi connectivity index (χ3v) is 4.07. The minimum atomic E-state index is -0.337. The Bertz CT molecular complexity index is 1300. The van der Waals surface area contributed by atoms with Gasteiger partial charge in [-0.2, -0.15) is 20.3 Å². The number of benzene rings is 1. The van der Waals surface area contributed by atoms with Gasteiger partial charge in [-0.15, -0.1) is 0 Å². The zero-order chi connectivity index (χ0) is 21.1. The summed E-state index contributed by atoms with van der Waals surface area (Å²) < 4.78 is 7.61. The number of fused-ring (bicyclic) bond motifs is 1. The van der Waals surface area contributed by atoms with E-state index < -0.39 is 0 Å². The second-order valence-corrected chi connectivity index (χ2v) is 6.21. The summed E-state index contributed by atoms with van der Waals surface area (Å²) in [4.78, 5) is 23.3. The van der Waals surface area contributed by atoms with Gasteiger partial charge in [-0.05, 0) is 18.2 Å². The van der Waals surface area contributed by atoms with Gasteiger partial charge < -0.3 is 20.4 Å². The van der Waals surface area contributed by atoms with Gasteiger partial charge >= 0.3 is 0 Å². The summed E-state index contributed by atoms with van der Waals surface area (Å²) in [7, 11) is 1.80. The number of nitrogens with one attached hydrogen (secondary N) is 3. The number of carbonyl (C=O) groups is 1. The van der Waals surface area contributed by atoms with Gasteiger partial charge in [0.15, 0.2) is 5.82 Å². The van der Waals surface area contributed by atoms with E-state index in [4.69, 9.17) is 4.74 Å². The summed E-state index contributed by atoms with van der Waals surface area (Å²) in [6.07, 6.45) is 4.50. The van der Waals surface area contributed by atoms with Crippen molar-refractivity contribution in [2.24, 2.45) is 7.05 Å². The van der Waals surface area contributed by atoms with Crippen molar-refractivity contribution < 1.29 is 9.53 Å². The number of H-pyrrole nitrogens is 1. The van der Waals surface area contributed by atoms with Crippen molar-refractivity contribution in [3.05, 3.63) is 60.9 Å². The molecular formula is C20H16N8O2. The van der Waals surface area contributed by atoms with Gasteiger partial charge in [0.25, 0.3) is 0 Å². The Balaban J connectivity index is 1.72. The highest BCUT2D eigenvalue weighted by atomic mass is 16.5. The fraction of sp³-hybridized carbons (Fsp3) is 0.0500. The first-order valence-electron chi connectivity index (χ1n) is 8.83. The predicted molar refractivity (Wildman–Crippen MR) is 110 cm³/mol. The zero-order valence-corrected chi connectivity index (χ0v) is 15.9. The van der Waals surface area contributed by atoms with Crippen molar-refractivity contribution in [3.8, 4) is 17.7 Å². The van der Waals surface area contributed by atoms with Crippen LogP contribution in [0.25, 0.3) is 11.0 Å². The van der Waals surface area contributed by atoms with E-state index in [2.05, 4.69) is 43.3 Å². The minimum Gasteiger partial charge on any atom is -0.438 e. The molecule has 3 aromatic heterocycles. The lowest BCUT2D eigenvalue weighted by molar-refractivity contribution is -0.111. The molecule has 0 unspecified atom stereocenters. The Morgan fingerprint density at radius 3 is 2.97 bits per heavy atom. The van der Waals surface area contributed by atoms with E-state index >= 15 is 0 Å². The van der Waals surface area contributed by atoms with Crippen LogP contribution in [0.5, 0.6) is 11.6 Å². The summed E-state index contributed by atoms with van der Waals surface area (Å²) in [5.41, 5.74) is 1.32. The quantitative estimate of drug-likeness (QED) is 0.423. The summed E-state index contributed by atoms with van der Waals surface area (Å²) in [6, 6.07) is 10.7. The number of amides is 1. The highest BCUT2D eigenvalue weighted by molar-refractivity contribution is 5.99. The van der Waals surface area contributed by atoms with Crippen LogP contribution in [-0.4, -0.2) is 30.6 Å². The van der Waals surface area contributed by atoms with Crippen molar-refractivity contribution >= 4 is 34.4 Å². The fourth-order valence-corrected chi connectivity index (χ4v) is 2.76. The Morgan fingerprint density at radius 2 is 2.23 bits per heavy atom. The van der Waals surface area contributed by atoms with Gasteiger partial charge in [-0.25, -0.2) is 0 Å². The molecule has 0 saturated heterocycles. The second kappa shape index (κ2) is 7.76. The van der Waals surface area contributed by atoms with E-state index in [0.29, 0.717) is 33.9 Å². The van der Waals surface area contributed by atoms with E-state index in [1.54, 1.807) is 48.3 Å². The normalized spacial score (nSPS) is 10.4. The molecule has 4 aromatic rings. The molecule has 1 amide bonds. The Kier molecular flexibility index (Phi) is 4.84. The van der Waals surface area contributed by atoms with Crippen LogP contribution >= 0.6 is 0 Å². The zero-order valence-electron chi connectivity index (χ0n) is 15.9. The number of carbonyl (C=O) groups excluding carboxylic acids is 1. The number of hydrogen-bond donors (Lipinski definition) is 3. The molecule has 4 rings (SSSR count). The fourth-order valence-electron chi connectivity index (χ4n) is 2.76. The summed E-state index contributed by atoms with van der Waals surface area (Å²) in [5, 5.41) is 19.8. The van der Waals surface area contributed by atoms with E-state index in [1.807, 2.05) is 0 Å². The summed E-state index contributed by atoms with van der Waals surface area (Å²) in [5.74, 6) is 1.08.